The van der Waals surface area contributed by atoms with Gasteiger partial charge in [0.25, 0.3) is 5.91 Å². The Morgan fingerprint density at radius 2 is 1.79 bits per heavy atom. The van der Waals surface area contributed by atoms with E-state index in [0.29, 0.717) is 21.3 Å². The van der Waals surface area contributed by atoms with E-state index in [9.17, 15) is 19.7 Å². The lowest BCUT2D eigenvalue weighted by atomic mass is 10.2. The molecule has 0 aromatic heterocycles. The molecule has 0 aliphatic rings. The smallest absolute Gasteiger partial charge is 0.343 e. The van der Waals surface area contributed by atoms with Gasteiger partial charge in [0, 0.05) is 15.0 Å². The van der Waals surface area contributed by atoms with E-state index in [4.69, 9.17) is 9.47 Å². The largest absolute Gasteiger partial charge is 0.477 e. The van der Waals surface area contributed by atoms with Crippen molar-refractivity contribution in [3.05, 3.63) is 96.9 Å². The maximum absolute atomic E-state index is 12.3. The molecule has 0 unspecified atom stereocenters. The van der Waals surface area contributed by atoms with Crippen LogP contribution in [0.1, 0.15) is 15.9 Å². The van der Waals surface area contributed by atoms with Crippen molar-refractivity contribution in [2.24, 2.45) is 5.10 Å². The molecule has 3 aromatic rings. The number of carbonyl (C=O) groups excluding carboxylic acids is 2. The first-order valence-electron chi connectivity index (χ1n) is 9.28. The van der Waals surface area contributed by atoms with Crippen LogP contribution < -0.4 is 14.9 Å². The SMILES string of the molecule is O=C(COc1ccc(Br)cc1[N+](=O)[O-])NN=Cc1cccc(OC(=O)c2cccc(Br)c2)c1. The normalized spacial score (nSPS) is 10.6. The molecule has 0 saturated heterocycles. The van der Waals surface area contributed by atoms with Crippen molar-refractivity contribution in [1.29, 1.82) is 0 Å². The van der Waals surface area contributed by atoms with Crippen LogP contribution in [0, 0.1) is 10.1 Å². The number of esters is 1. The van der Waals surface area contributed by atoms with E-state index < -0.39 is 23.4 Å². The molecule has 0 heterocycles. The number of carbonyl (C=O) groups is 2. The Bertz CT molecular complexity index is 1230. The van der Waals surface area contributed by atoms with Crippen molar-refractivity contribution in [3.63, 3.8) is 0 Å². The molecule has 3 rings (SSSR count). The van der Waals surface area contributed by atoms with Crippen molar-refractivity contribution >= 4 is 55.6 Å². The molecule has 1 N–H and O–H groups in total. The van der Waals surface area contributed by atoms with Crippen molar-refractivity contribution in [3.8, 4) is 11.5 Å². The molecule has 0 saturated carbocycles. The number of ether oxygens (including phenoxy) is 2. The van der Waals surface area contributed by atoms with Crippen molar-refractivity contribution in [2.45, 2.75) is 0 Å². The van der Waals surface area contributed by atoms with Crippen LogP contribution in [0.3, 0.4) is 0 Å². The van der Waals surface area contributed by atoms with E-state index in [1.807, 2.05) is 0 Å². The Balaban J connectivity index is 1.55. The van der Waals surface area contributed by atoms with E-state index in [2.05, 4.69) is 42.4 Å². The van der Waals surface area contributed by atoms with E-state index in [1.165, 1.54) is 18.3 Å². The zero-order valence-corrected chi connectivity index (χ0v) is 19.9. The molecule has 1 amide bonds. The van der Waals surface area contributed by atoms with Gasteiger partial charge in [-0.25, -0.2) is 10.2 Å². The number of hydrazone groups is 1. The summed E-state index contributed by atoms with van der Waals surface area (Å²) in [6, 6.07) is 17.6. The molecule has 0 fully saturated rings. The van der Waals surface area contributed by atoms with E-state index >= 15 is 0 Å². The van der Waals surface area contributed by atoms with Gasteiger partial charge in [-0.15, -0.1) is 0 Å². The van der Waals surface area contributed by atoms with Gasteiger partial charge in [-0.3, -0.25) is 14.9 Å². The number of halogens is 2. The highest BCUT2D eigenvalue weighted by Gasteiger charge is 2.16. The van der Waals surface area contributed by atoms with Crippen LogP contribution in [0.2, 0.25) is 0 Å². The second-order valence-corrected chi connectivity index (χ2v) is 8.25. The van der Waals surface area contributed by atoms with Gasteiger partial charge in [-0.05, 0) is 48.0 Å². The van der Waals surface area contributed by atoms with Crippen LogP contribution in [0.15, 0.2) is 80.8 Å². The first-order valence-corrected chi connectivity index (χ1v) is 10.9. The second kappa shape index (κ2) is 11.3. The van der Waals surface area contributed by atoms with E-state index in [-0.39, 0.29) is 11.4 Å². The summed E-state index contributed by atoms with van der Waals surface area (Å²) in [5.74, 6) is -0.859. The van der Waals surface area contributed by atoms with Gasteiger partial charge in [-0.2, -0.15) is 5.10 Å². The highest BCUT2D eigenvalue weighted by molar-refractivity contribution is 9.10. The maximum Gasteiger partial charge on any atom is 0.343 e. The second-order valence-electron chi connectivity index (χ2n) is 6.42. The summed E-state index contributed by atoms with van der Waals surface area (Å²) in [6.45, 7) is -0.468. The molecule has 0 spiro atoms. The number of nitro benzene ring substituents is 1. The van der Waals surface area contributed by atoms with Gasteiger partial charge >= 0.3 is 11.7 Å². The molecule has 0 bridgehead atoms. The maximum atomic E-state index is 12.3. The number of hydrogen-bond donors (Lipinski definition) is 1. The average molecular weight is 577 g/mol. The van der Waals surface area contributed by atoms with Crippen LogP contribution >= 0.6 is 31.9 Å². The summed E-state index contributed by atoms with van der Waals surface area (Å²) in [5.41, 5.74) is 2.96. The number of hydrogen-bond acceptors (Lipinski definition) is 7. The fourth-order valence-electron chi connectivity index (χ4n) is 2.55. The fraction of sp³-hybridized carbons (Fsp3) is 0.0455. The molecular formula is C22H15Br2N3O6. The first-order chi connectivity index (χ1) is 15.8. The van der Waals surface area contributed by atoms with Crippen LogP contribution in [-0.4, -0.2) is 29.6 Å². The Labute approximate surface area is 204 Å². The summed E-state index contributed by atoms with van der Waals surface area (Å²) in [4.78, 5) is 34.7. The highest BCUT2D eigenvalue weighted by Crippen LogP contribution is 2.29. The summed E-state index contributed by atoms with van der Waals surface area (Å²) in [7, 11) is 0. The van der Waals surface area contributed by atoms with Gasteiger partial charge in [0.2, 0.25) is 0 Å². The minimum absolute atomic E-state index is 0.0395. The molecule has 0 atom stereocenters. The van der Waals surface area contributed by atoms with Crippen molar-refractivity contribution in [2.75, 3.05) is 6.61 Å². The number of nitrogens with zero attached hydrogens (tertiary/aromatic N) is 2. The summed E-state index contributed by atoms with van der Waals surface area (Å²) in [5, 5.41) is 14.9. The molecule has 33 heavy (non-hydrogen) atoms. The first kappa shape index (κ1) is 24.1. The number of benzene rings is 3. The Kier molecular flexibility index (Phi) is 8.28. The minimum atomic E-state index is -0.610. The van der Waals surface area contributed by atoms with Gasteiger partial charge in [0.05, 0.1) is 16.7 Å². The molecule has 0 aliphatic carbocycles. The molecule has 168 valence electrons. The Hall–Kier alpha value is -3.57. The molecule has 0 aliphatic heterocycles. The molecule has 3 aromatic carbocycles. The highest BCUT2D eigenvalue weighted by atomic mass is 79.9. The quantitative estimate of drug-likeness (QED) is 0.134. The van der Waals surface area contributed by atoms with Gasteiger partial charge < -0.3 is 9.47 Å². The van der Waals surface area contributed by atoms with Crippen LogP contribution in [-0.2, 0) is 4.79 Å². The Morgan fingerprint density at radius 1 is 1.03 bits per heavy atom. The lowest BCUT2D eigenvalue weighted by Crippen LogP contribution is -2.24. The summed E-state index contributed by atoms with van der Waals surface area (Å²) >= 11 is 6.45. The zero-order chi connectivity index (χ0) is 23.8. The van der Waals surface area contributed by atoms with Gasteiger partial charge in [0.15, 0.2) is 12.4 Å². The molecule has 9 nitrogen and oxygen atoms in total. The van der Waals surface area contributed by atoms with E-state index in [0.717, 1.165) is 4.47 Å². The Morgan fingerprint density at radius 3 is 2.55 bits per heavy atom. The molecule has 11 heteroatoms. The monoisotopic (exact) mass is 575 g/mol. The predicted octanol–water partition coefficient (Wildman–Crippen LogP) is 4.87. The summed E-state index contributed by atoms with van der Waals surface area (Å²) < 4.78 is 11.9. The molecular weight excluding hydrogens is 562 g/mol. The minimum Gasteiger partial charge on any atom is -0.477 e. The number of nitrogens with one attached hydrogen (secondary N) is 1. The predicted molar refractivity (Wildman–Crippen MR) is 128 cm³/mol. The lowest BCUT2D eigenvalue weighted by Gasteiger charge is -2.06. The van der Waals surface area contributed by atoms with Crippen LogP contribution in [0.5, 0.6) is 11.5 Å². The topological polar surface area (TPSA) is 120 Å². The van der Waals surface area contributed by atoms with Crippen molar-refractivity contribution in [1.82, 2.24) is 5.43 Å². The van der Waals surface area contributed by atoms with Gasteiger partial charge in [0.1, 0.15) is 5.75 Å². The molecule has 0 radical (unpaired) electrons. The zero-order valence-electron chi connectivity index (χ0n) is 16.7. The fourth-order valence-corrected chi connectivity index (χ4v) is 3.30. The standard InChI is InChI=1S/C22H15Br2N3O6/c23-16-5-2-4-15(10-16)22(29)33-18-6-1-3-14(9-18)12-25-26-21(28)13-32-20-8-7-17(24)11-19(20)27(30)31/h1-12H,13H2,(H,26,28). The number of nitro groups is 1. The third-order valence-corrected chi connectivity index (χ3v) is 4.99. The van der Waals surface area contributed by atoms with Crippen molar-refractivity contribution < 1.29 is 24.0 Å². The van der Waals surface area contributed by atoms with Gasteiger partial charge in [-0.1, -0.05) is 50.1 Å². The lowest BCUT2D eigenvalue weighted by molar-refractivity contribution is -0.385. The third-order valence-electron chi connectivity index (χ3n) is 4.01. The number of amides is 1. The van der Waals surface area contributed by atoms with E-state index in [1.54, 1.807) is 54.6 Å². The summed E-state index contributed by atoms with van der Waals surface area (Å²) in [6.07, 6.45) is 1.36. The third kappa shape index (κ3) is 7.22. The van der Waals surface area contributed by atoms with Crippen LogP contribution in [0.4, 0.5) is 5.69 Å². The number of rotatable bonds is 8. The average Bonchev–Trinajstić information content (AvgIpc) is 2.78. The van der Waals surface area contributed by atoms with Crippen LogP contribution in [0.25, 0.3) is 0 Å².